The van der Waals surface area contributed by atoms with E-state index in [0.29, 0.717) is 17.3 Å². The van der Waals surface area contributed by atoms with Crippen LogP contribution in [-0.2, 0) is 0 Å². The van der Waals surface area contributed by atoms with Crippen LogP contribution >= 0.6 is 0 Å². The second kappa shape index (κ2) is 4.73. The summed E-state index contributed by atoms with van der Waals surface area (Å²) in [6.45, 7) is 5.06. The topological polar surface area (TPSA) is 53.4 Å². The Bertz CT molecular complexity index is 414. The maximum atomic E-state index is 11.2. The first kappa shape index (κ1) is 11.9. The minimum Gasteiger partial charge on any atom is -0.478 e. The first-order valence-corrected chi connectivity index (χ1v) is 6.04. The number of hydrogen-bond acceptors (Lipinski definition) is 3. The number of carboxylic acid groups (broad SMARTS) is 1. The van der Waals surface area contributed by atoms with Crippen LogP contribution in [0.2, 0.25) is 0 Å². The summed E-state index contributed by atoms with van der Waals surface area (Å²) in [7, 11) is 0. The third kappa shape index (κ3) is 2.75. The fraction of sp³-hybridized carbons (Fsp3) is 0.538. The highest BCUT2D eigenvalue weighted by atomic mass is 16.4. The molecule has 0 bridgehead atoms. The molecule has 1 aromatic rings. The summed E-state index contributed by atoms with van der Waals surface area (Å²) in [6, 6.07) is 3.55. The zero-order chi connectivity index (χ0) is 12.4. The molecule has 0 aromatic carbocycles. The number of carboxylic acids is 1. The molecule has 0 atom stereocenters. The first-order chi connectivity index (χ1) is 8.09. The molecule has 4 nitrogen and oxygen atoms in total. The number of anilines is 1. The lowest BCUT2D eigenvalue weighted by atomic mass is 10.2. The van der Waals surface area contributed by atoms with Crippen LogP contribution in [0.25, 0.3) is 0 Å². The fourth-order valence-electron chi connectivity index (χ4n) is 1.91. The molecule has 4 heteroatoms. The Balaban J connectivity index is 2.30. The fourth-order valence-corrected chi connectivity index (χ4v) is 1.91. The van der Waals surface area contributed by atoms with Crippen molar-refractivity contribution in [3.8, 4) is 0 Å². The van der Waals surface area contributed by atoms with Crippen LogP contribution in [0.1, 0.15) is 37.0 Å². The van der Waals surface area contributed by atoms with Crippen molar-refractivity contribution in [1.29, 1.82) is 0 Å². The lowest BCUT2D eigenvalue weighted by Gasteiger charge is -2.28. The van der Waals surface area contributed by atoms with Gasteiger partial charge in [0.25, 0.3) is 0 Å². The Morgan fingerprint density at radius 3 is 2.82 bits per heavy atom. The van der Waals surface area contributed by atoms with E-state index in [9.17, 15) is 9.90 Å². The summed E-state index contributed by atoms with van der Waals surface area (Å²) in [4.78, 5) is 17.5. The summed E-state index contributed by atoms with van der Waals surface area (Å²) < 4.78 is 0. The van der Waals surface area contributed by atoms with E-state index in [2.05, 4.69) is 23.7 Å². The number of carbonyl (C=O) groups is 1. The molecule has 1 fully saturated rings. The van der Waals surface area contributed by atoms with E-state index < -0.39 is 5.97 Å². The number of aromatic carboxylic acids is 1. The highest BCUT2D eigenvalue weighted by Gasteiger charge is 2.28. The summed E-state index contributed by atoms with van der Waals surface area (Å²) in [5, 5.41) is 9.18. The lowest BCUT2D eigenvalue weighted by Crippen LogP contribution is -2.34. The van der Waals surface area contributed by atoms with Crippen LogP contribution in [0.5, 0.6) is 0 Å². The number of aromatic nitrogens is 1. The van der Waals surface area contributed by atoms with E-state index in [4.69, 9.17) is 0 Å². The van der Waals surface area contributed by atoms with Gasteiger partial charge in [0.2, 0.25) is 0 Å². The quantitative estimate of drug-likeness (QED) is 0.850. The molecular formula is C13H18N2O2. The Morgan fingerprint density at radius 2 is 2.29 bits per heavy atom. The largest absolute Gasteiger partial charge is 0.478 e. The van der Waals surface area contributed by atoms with Crippen molar-refractivity contribution in [3.63, 3.8) is 0 Å². The molecule has 1 N–H and O–H groups in total. The molecule has 0 aliphatic heterocycles. The number of hydrogen-bond donors (Lipinski definition) is 1. The second-order valence-electron chi connectivity index (χ2n) is 4.87. The average molecular weight is 234 g/mol. The van der Waals surface area contributed by atoms with Gasteiger partial charge in [-0.3, -0.25) is 0 Å². The van der Waals surface area contributed by atoms with Gasteiger partial charge in [-0.2, -0.15) is 0 Å². The van der Waals surface area contributed by atoms with Gasteiger partial charge in [0, 0.05) is 18.8 Å². The standard InChI is InChI=1S/C13H18N2O2/c1-9(2)15(8-10-5-6-10)12-11(13(16)17)4-3-7-14-12/h3-4,7,9-10H,5-6,8H2,1-2H3,(H,16,17). The summed E-state index contributed by atoms with van der Waals surface area (Å²) in [6.07, 6.45) is 4.15. The van der Waals surface area contributed by atoms with Gasteiger partial charge in [-0.25, -0.2) is 9.78 Å². The van der Waals surface area contributed by atoms with E-state index in [1.807, 2.05) is 0 Å². The summed E-state index contributed by atoms with van der Waals surface area (Å²) >= 11 is 0. The Labute approximate surface area is 101 Å². The second-order valence-corrected chi connectivity index (χ2v) is 4.87. The van der Waals surface area contributed by atoms with Gasteiger partial charge in [-0.05, 0) is 44.7 Å². The van der Waals surface area contributed by atoms with Gasteiger partial charge in [-0.15, -0.1) is 0 Å². The van der Waals surface area contributed by atoms with Crippen LogP contribution in [0.15, 0.2) is 18.3 Å². The molecule has 0 saturated heterocycles. The van der Waals surface area contributed by atoms with Gasteiger partial charge < -0.3 is 10.0 Å². The van der Waals surface area contributed by atoms with E-state index in [0.717, 1.165) is 6.54 Å². The number of pyridine rings is 1. The lowest BCUT2D eigenvalue weighted by molar-refractivity contribution is 0.0697. The van der Waals surface area contributed by atoms with E-state index in [1.165, 1.54) is 12.8 Å². The normalized spacial score (nSPS) is 15.0. The number of rotatable bonds is 5. The highest BCUT2D eigenvalue weighted by molar-refractivity contribution is 5.93. The maximum Gasteiger partial charge on any atom is 0.339 e. The van der Waals surface area contributed by atoms with Crippen molar-refractivity contribution in [1.82, 2.24) is 4.98 Å². The SMILES string of the molecule is CC(C)N(CC1CC1)c1ncccc1C(=O)O. The molecule has 1 saturated carbocycles. The predicted molar refractivity (Wildman–Crippen MR) is 66.4 cm³/mol. The van der Waals surface area contributed by atoms with Gasteiger partial charge in [0.1, 0.15) is 11.4 Å². The Kier molecular flexibility index (Phi) is 3.31. The van der Waals surface area contributed by atoms with Crippen molar-refractivity contribution in [2.45, 2.75) is 32.7 Å². The molecule has 2 rings (SSSR count). The Morgan fingerprint density at radius 1 is 1.59 bits per heavy atom. The maximum absolute atomic E-state index is 11.2. The summed E-state index contributed by atoms with van der Waals surface area (Å²) in [5.41, 5.74) is 0.293. The van der Waals surface area contributed by atoms with Gasteiger partial charge in [0.15, 0.2) is 0 Å². The van der Waals surface area contributed by atoms with Gasteiger partial charge in [0.05, 0.1) is 0 Å². The molecule has 0 spiro atoms. The molecule has 17 heavy (non-hydrogen) atoms. The van der Waals surface area contributed by atoms with Crippen LogP contribution in [0, 0.1) is 5.92 Å². The van der Waals surface area contributed by atoms with E-state index in [-0.39, 0.29) is 6.04 Å². The molecule has 0 unspecified atom stereocenters. The minimum absolute atomic E-state index is 0.267. The summed E-state index contributed by atoms with van der Waals surface area (Å²) in [5.74, 6) is 0.400. The molecule has 0 radical (unpaired) electrons. The zero-order valence-electron chi connectivity index (χ0n) is 10.3. The third-order valence-electron chi connectivity index (χ3n) is 3.06. The van der Waals surface area contributed by atoms with Gasteiger partial charge >= 0.3 is 5.97 Å². The molecule has 92 valence electrons. The number of nitrogens with zero attached hydrogens (tertiary/aromatic N) is 2. The van der Waals surface area contributed by atoms with Crippen LogP contribution in [0.3, 0.4) is 0 Å². The van der Waals surface area contributed by atoms with Gasteiger partial charge in [-0.1, -0.05) is 0 Å². The van der Waals surface area contributed by atoms with Crippen molar-refractivity contribution < 1.29 is 9.90 Å². The van der Waals surface area contributed by atoms with Crippen molar-refractivity contribution in [2.24, 2.45) is 5.92 Å². The minimum atomic E-state index is -0.908. The van der Waals surface area contributed by atoms with Crippen molar-refractivity contribution in [2.75, 3.05) is 11.4 Å². The molecule has 1 aliphatic rings. The Hall–Kier alpha value is -1.58. The first-order valence-electron chi connectivity index (χ1n) is 6.04. The van der Waals surface area contributed by atoms with Crippen LogP contribution < -0.4 is 4.90 Å². The monoisotopic (exact) mass is 234 g/mol. The zero-order valence-corrected chi connectivity index (χ0v) is 10.3. The molecular weight excluding hydrogens is 216 g/mol. The van der Waals surface area contributed by atoms with E-state index in [1.54, 1.807) is 18.3 Å². The molecule has 1 aromatic heterocycles. The third-order valence-corrected chi connectivity index (χ3v) is 3.06. The van der Waals surface area contributed by atoms with Crippen LogP contribution in [-0.4, -0.2) is 28.6 Å². The molecule has 1 heterocycles. The highest BCUT2D eigenvalue weighted by Crippen LogP contribution is 2.32. The van der Waals surface area contributed by atoms with E-state index >= 15 is 0 Å². The van der Waals surface area contributed by atoms with Crippen LogP contribution in [0.4, 0.5) is 5.82 Å². The van der Waals surface area contributed by atoms with Crippen molar-refractivity contribution >= 4 is 11.8 Å². The average Bonchev–Trinajstić information content (AvgIpc) is 3.09. The molecule has 0 amide bonds. The smallest absolute Gasteiger partial charge is 0.339 e. The molecule has 1 aliphatic carbocycles. The van der Waals surface area contributed by atoms with Crippen molar-refractivity contribution in [3.05, 3.63) is 23.9 Å². The predicted octanol–water partition coefficient (Wildman–Crippen LogP) is 2.40.